The summed E-state index contributed by atoms with van der Waals surface area (Å²) in [6, 6.07) is 15.7. The molecule has 0 aliphatic heterocycles. The maximum absolute atomic E-state index is 10.3. The van der Waals surface area contributed by atoms with E-state index in [0.717, 1.165) is 36.8 Å². The maximum Gasteiger partial charge on any atom is 0.161 e. The molecule has 1 unspecified atom stereocenters. The Morgan fingerprint density at radius 2 is 1.78 bits per heavy atom. The van der Waals surface area contributed by atoms with Gasteiger partial charge in [-0.1, -0.05) is 62.6 Å². The van der Waals surface area contributed by atoms with Gasteiger partial charge in [0.25, 0.3) is 0 Å². The van der Waals surface area contributed by atoms with Crippen molar-refractivity contribution in [3.8, 4) is 11.5 Å². The van der Waals surface area contributed by atoms with E-state index in [9.17, 15) is 5.11 Å². The standard InChI is InChI=1S/C20H26O3/c1-3-4-6-11-18(21)17-12-13-19(20(14-17)22-2)23-15-16-9-7-5-8-10-16/h5,7-10,12-14,18,21H,3-4,6,11,15H2,1-2H3. The van der Waals surface area contributed by atoms with Crippen molar-refractivity contribution in [3.05, 3.63) is 59.7 Å². The van der Waals surface area contributed by atoms with Crippen LogP contribution in [0.5, 0.6) is 11.5 Å². The van der Waals surface area contributed by atoms with E-state index in [-0.39, 0.29) is 0 Å². The average molecular weight is 314 g/mol. The molecule has 0 saturated carbocycles. The van der Waals surface area contributed by atoms with E-state index in [1.165, 1.54) is 0 Å². The number of hydrogen-bond acceptors (Lipinski definition) is 3. The second kappa shape index (κ2) is 9.21. The lowest BCUT2D eigenvalue weighted by Crippen LogP contribution is -2.01. The fraction of sp³-hybridized carbons (Fsp3) is 0.400. The van der Waals surface area contributed by atoms with Crippen LogP contribution in [0.25, 0.3) is 0 Å². The predicted molar refractivity (Wildman–Crippen MR) is 92.9 cm³/mol. The largest absolute Gasteiger partial charge is 0.493 e. The van der Waals surface area contributed by atoms with Crippen LogP contribution < -0.4 is 9.47 Å². The third kappa shape index (κ3) is 5.29. The van der Waals surface area contributed by atoms with Crippen LogP contribution in [0.3, 0.4) is 0 Å². The van der Waals surface area contributed by atoms with Gasteiger partial charge in [-0.2, -0.15) is 0 Å². The molecule has 3 heteroatoms. The molecule has 0 aliphatic carbocycles. The molecule has 3 nitrogen and oxygen atoms in total. The first-order chi connectivity index (χ1) is 11.2. The van der Waals surface area contributed by atoms with Gasteiger partial charge < -0.3 is 14.6 Å². The number of unbranched alkanes of at least 4 members (excludes halogenated alkanes) is 2. The number of hydrogen-bond donors (Lipinski definition) is 1. The molecule has 0 fully saturated rings. The topological polar surface area (TPSA) is 38.7 Å². The highest BCUT2D eigenvalue weighted by molar-refractivity contribution is 5.43. The van der Waals surface area contributed by atoms with Crippen LogP contribution in [-0.2, 0) is 6.61 Å². The summed E-state index contributed by atoms with van der Waals surface area (Å²) in [5.74, 6) is 1.36. The Labute approximate surface area is 138 Å². The summed E-state index contributed by atoms with van der Waals surface area (Å²) in [6.45, 7) is 2.66. The second-order valence-corrected chi connectivity index (χ2v) is 5.70. The van der Waals surface area contributed by atoms with Crippen molar-refractivity contribution in [2.24, 2.45) is 0 Å². The van der Waals surface area contributed by atoms with Crippen molar-refractivity contribution in [1.82, 2.24) is 0 Å². The van der Waals surface area contributed by atoms with E-state index in [1.807, 2.05) is 48.5 Å². The van der Waals surface area contributed by atoms with Crippen molar-refractivity contribution in [2.45, 2.75) is 45.3 Å². The minimum Gasteiger partial charge on any atom is -0.493 e. The van der Waals surface area contributed by atoms with E-state index >= 15 is 0 Å². The summed E-state index contributed by atoms with van der Waals surface area (Å²) in [7, 11) is 1.62. The molecule has 0 aromatic heterocycles. The number of ether oxygens (including phenoxy) is 2. The van der Waals surface area contributed by atoms with Crippen molar-refractivity contribution in [2.75, 3.05) is 7.11 Å². The van der Waals surface area contributed by atoms with Crippen LogP contribution in [0.2, 0.25) is 0 Å². The molecular formula is C20H26O3. The molecule has 1 N–H and O–H groups in total. The Balaban J connectivity index is 2.01. The first-order valence-corrected chi connectivity index (χ1v) is 8.27. The molecule has 2 aromatic carbocycles. The highest BCUT2D eigenvalue weighted by Gasteiger charge is 2.12. The number of aliphatic hydroxyl groups excluding tert-OH is 1. The number of rotatable bonds is 9. The van der Waals surface area contributed by atoms with Gasteiger partial charge in [-0.3, -0.25) is 0 Å². The summed E-state index contributed by atoms with van der Waals surface area (Å²) >= 11 is 0. The summed E-state index contributed by atoms with van der Waals surface area (Å²) in [4.78, 5) is 0. The maximum atomic E-state index is 10.3. The van der Waals surface area contributed by atoms with Crippen molar-refractivity contribution in [3.63, 3.8) is 0 Å². The lowest BCUT2D eigenvalue weighted by atomic mass is 10.0. The van der Waals surface area contributed by atoms with Gasteiger partial charge in [0.2, 0.25) is 0 Å². The lowest BCUT2D eigenvalue weighted by Gasteiger charge is -2.15. The molecule has 2 rings (SSSR count). The van der Waals surface area contributed by atoms with Gasteiger partial charge >= 0.3 is 0 Å². The SMILES string of the molecule is CCCCCC(O)c1ccc(OCc2ccccc2)c(OC)c1. The first kappa shape index (κ1) is 17.4. The zero-order valence-electron chi connectivity index (χ0n) is 14.0. The molecule has 0 radical (unpaired) electrons. The Morgan fingerprint density at radius 3 is 2.48 bits per heavy atom. The molecule has 124 valence electrons. The number of aliphatic hydroxyl groups is 1. The van der Waals surface area contributed by atoms with E-state index in [4.69, 9.17) is 9.47 Å². The molecule has 0 bridgehead atoms. The Morgan fingerprint density at radius 1 is 1.00 bits per heavy atom. The predicted octanol–water partition coefficient (Wildman–Crippen LogP) is 4.89. The van der Waals surface area contributed by atoms with Gasteiger partial charge in [-0.25, -0.2) is 0 Å². The second-order valence-electron chi connectivity index (χ2n) is 5.70. The molecule has 2 aromatic rings. The molecular weight excluding hydrogens is 288 g/mol. The van der Waals surface area contributed by atoms with Crippen LogP contribution in [0.4, 0.5) is 0 Å². The monoisotopic (exact) mass is 314 g/mol. The number of methoxy groups -OCH3 is 1. The van der Waals surface area contributed by atoms with Crippen LogP contribution in [0.15, 0.2) is 48.5 Å². The van der Waals surface area contributed by atoms with Crippen LogP contribution in [0.1, 0.15) is 49.8 Å². The average Bonchev–Trinajstić information content (AvgIpc) is 2.60. The smallest absolute Gasteiger partial charge is 0.161 e. The molecule has 0 aliphatic rings. The number of benzene rings is 2. The first-order valence-electron chi connectivity index (χ1n) is 8.27. The van der Waals surface area contributed by atoms with Crippen LogP contribution in [-0.4, -0.2) is 12.2 Å². The van der Waals surface area contributed by atoms with Crippen molar-refractivity contribution < 1.29 is 14.6 Å². The zero-order chi connectivity index (χ0) is 16.5. The molecule has 23 heavy (non-hydrogen) atoms. The zero-order valence-corrected chi connectivity index (χ0v) is 14.0. The van der Waals surface area contributed by atoms with Crippen LogP contribution >= 0.6 is 0 Å². The molecule has 0 heterocycles. The molecule has 0 amide bonds. The summed E-state index contributed by atoms with van der Waals surface area (Å²) in [5.41, 5.74) is 1.99. The van der Waals surface area contributed by atoms with E-state index < -0.39 is 6.10 Å². The van der Waals surface area contributed by atoms with Gasteiger partial charge in [0.15, 0.2) is 11.5 Å². The normalized spacial score (nSPS) is 12.0. The third-order valence-electron chi connectivity index (χ3n) is 3.89. The molecule has 1 atom stereocenters. The van der Waals surface area contributed by atoms with Crippen LogP contribution in [0, 0.1) is 0 Å². The van der Waals surface area contributed by atoms with E-state index in [2.05, 4.69) is 6.92 Å². The van der Waals surface area contributed by atoms with E-state index in [1.54, 1.807) is 7.11 Å². The molecule has 0 saturated heterocycles. The van der Waals surface area contributed by atoms with Crippen molar-refractivity contribution >= 4 is 0 Å². The minimum atomic E-state index is -0.446. The Hall–Kier alpha value is -2.00. The quantitative estimate of drug-likeness (QED) is 0.670. The highest BCUT2D eigenvalue weighted by Crippen LogP contribution is 2.32. The minimum absolute atomic E-state index is 0.446. The van der Waals surface area contributed by atoms with Gasteiger partial charge in [0, 0.05) is 0 Å². The van der Waals surface area contributed by atoms with Gasteiger partial charge in [-0.05, 0) is 29.7 Å². The van der Waals surface area contributed by atoms with E-state index in [0.29, 0.717) is 18.1 Å². The van der Waals surface area contributed by atoms with Crippen molar-refractivity contribution in [1.29, 1.82) is 0 Å². The fourth-order valence-corrected chi connectivity index (χ4v) is 2.50. The summed E-state index contributed by atoms with van der Waals surface area (Å²) in [5, 5.41) is 10.3. The summed E-state index contributed by atoms with van der Waals surface area (Å²) in [6.07, 6.45) is 3.67. The highest BCUT2D eigenvalue weighted by atomic mass is 16.5. The lowest BCUT2D eigenvalue weighted by molar-refractivity contribution is 0.163. The Bertz CT molecular complexity index is 581. The van der Waals surface area contributed by atoms with Gasteiger partial charge in [0.1, 0.15) is 6.61 Å². The van der Waals surface area contributed by atoms with Gasteiger partial charge in [0.05, 0.1) is 13.2 Å². The fourth-order valence-electron chi connectivity index (χ4n) is 2.50. The van der Waals surface area contributed by atoms with Gasteiger partial charge in [-0.15, -0.1) is 0 Å². The third-order valence-corrected chi connectivity index (χ3v) is 3.89. The molecule has 0 spiro atoms. The Kier molecular flexibility index (Phi) is 6.95. The summed E-state index contributed by atoms with van der Waals surface area (Å²) < 4.78 is 11.3.